The van der Waals surface area contributed by atoms with E-state index in [1.54, 1.807) is 11.3 Å². The molecule has 0 amide bonds. The molecule has 1 fully saturated rings. The van der Waals surface area contributed by atoms with Crippen molar-refractivity contribution in [3.8, 4) is 0 Å². The van der Waals surface area contributed by atoms with Gasteiger partial charge in [-0.3, -0.25) is 4.98 Å². The summed E-state index contributed by atoms with van der Waals surface area (Å²) in [6, 6.07) is 16.9. The molecule has 3 aromatic rings. The number of hydrogen-bond acceptors (Lipinski definition) is 3. The molecule has 5 heteroatoms. The monoisotopic (exact) mass is 365 g/mol. The number of nitrogens with zero attached hydrogens (tertiary/aromatic N) is 2. The minimum absolute atomic E-state index is 0.0346. The zero-order valence-corrected chi connectivity index (χ0v) is 15.8. The van der Waals surface area contributed by atoms with Gasteiger partial charge in [-0.2, -0.15) is 0 Å². The summed E-state index contributed by atoms with van der Waals surface area (Å²) in [6.07, 6.45) is 1.84. The molecular weight excluding hydrogens is 346 g/mol. The van der Waals surface area contributed by atoms with E-state index in [4.69, 9.17) is 12.2 Å². The second-order valence-corrected chi connectivity index (χ2v) is 7.63. The normalized spacial score (nSPS) is 19.9. The zero-order chi connectivity index (χ0) is 17.4. The summed E-state index contributed by atoms with van der Waals surface area (Å²) in [4.78, 5) is 8.13. The molecule has 126 valence electrons. The lowest BCUT2D eigenvalue weighted by Gasteiger charge is -2.27. The van der Waals surface area contributed by atoms with Crippen LogP contribution in [0.2, 0.25) is 0 Å². The summed E-state index contributed by atoms with van der Waals surface area (Å²) in [5.41, 5.74) is 4.66. The van der Waals surface area contributed by atoms with Gasteiger partial charge in [0, 0.05) is 16.8 Å². The molecule has 1 aromatic carbocycles. The van der Waals surface area contributed by atoms with E-state index in [-0.39, 0.29) is 12.1 Å². The van der Waals surface area contributed by atoms with E-state index in [0.29, 0.717) is 0 Å². The summed E-state index contributed by atoms with van der Waals surface area (Å²) >= 11 is 7.50. The molecule has 0 saturated carbocycles. The van der Waals surface area contributed by atoms with Crippen molar-refractivity contribution in [3.05, 3.63) is 81.8 Å². The highest BCUT2D eigenvalue weighted by molar-refractivity contribution is 7.80. The summed E-state index contributed by atoms with van der Waals surface area (Å²) in [5, 5.41) is 6.40. The third kappa shape index (κ3) is 2.94. The van der Waals surface area contributed by atoms with Gasteiger partial charge in [-0.1, -0.05) is 23.8 Å². The molecule has 0 aliphatic carbocycles. The van der Waals surface area contributed by atoms with E-state index in [1.807, 2.05) is 18.3 Å². The second-order valence-electron chi connectivity index (χ2n) is 6.30. The predicted octanol–water partition coefficient (Wildman–Crippen LogP) is 4.94. The van der Waals surface area contributed by atoms with Gasteiger partial charge in [0.25, 0.3) is 0 Å². The van der Waals surface area contributed by atoms with Crippen LogP contribution in [-0.4, -0.2) is 10.1 Å². The minimum atomic E-state index is 0.0346. The van der Waals surface area contributed by atoms with Gasteiger partial charge < -0.3 is 10.2 Å². The summed E-state index contributed by atoms with van der Waals surface area (Å²) in [7, 11) is 0. The molecule has 1 aliphatic heterocycles. The van der Waals surface area contributed by atoms with Gasteiger partial charge in [0.2, 0.25) is 0 Å². The van der Waals surface area contributed by atoms with Crippen molar-refractivity contribution >= 4 is 34.4 Å². The van der Waals surface area contributed by atoms with Gasteiger partial charge >= 0.3 is 0 Å². The first-order valence-electron chi connectivity index (χ1n) is 8.26. The lowest BCUT2D eigenvalue weighted by Crippen LogP contribution is -2.29. The molecule has 1 aliphatic rings. The van der Waals surface area contributed by atoms with Gasteiger partial charge in [0.05, 0.1) is 17.8 Å². The largest absolute Gasteiger partial charge is 0.351 e. The highest BCUT2D eigenvalue weighted by Crippen LogP contribution is 2.44. The number of thiophene rings is 1. The van der Waals surface area contributed by atoms with Crippen LogP contribution in [0.15, 0.2) is 60.1 Å². The molecule has 0 radical (unpaired) electrons. The van der Waals surface area contributed by atoms with E-state index in [1.165, 1.54) is 16.0 Å². The Kier molecular flexibility index (Phi) is 4.27. The van der Waals surface area contributed by atoms with E-state index >= 15 is 0 Å². The lowest BCUT2D eigenvalue weighted by molar-refractivity contribution is 0.573. The van der Waals surface area contributed by atoms with Crippen molar-refractivity contribution in [2.24, 2.45) is 0 Å². The number of thiocarbonyl (C=S) groups is 1. The van der Waals surface area contributed by atoms with Crippen molar-refractivity contribution in [1.82, 2.24) is 10.3 Å². The van der Waals surface area contributed by atoms with Gasteiger partial charge in [-0.15, -0.1) is 11.3 Å². The quantitative estimate of drug-likeness (QED) is 0.666. The Morgan fingerprint density at radius 2 is 1.88 bits per heavy atom. The molecule has 25 heavy (non-hydrogen) atoms. The molecule has 4 rings (SSSR count). The second kappa shape index (κ2) is 6.58. The van der Waals surface area contributed by atoms with Crippen molar-refractivity contribution in [3.63, 3.8) is 0 Å². The minimum Gasteiger partial charge on any atom is -0.351 e. The van der Waals surface area contributed by atoms with E-state index in [2.05, 4.69) is 70.8 Å². The standard InChI is InChI=1S/C20H19N3S2/c1-13-6-8-15(9-7-13)23-18(19-14(2)10-12-25-19)17(22-20(23)24)16-5-3-4-11-21-16/h3-12,17-18H,1-2H3,(H,22,24)/t17-,18-/m1/s1. The first-order chi connectivity index (χ1) is 12.1. The predicted molar refractivity (Wildman–Crippen MR) is 108 cm³/mol. The van der Waals surface area contributed by atoms with Crippen LogP contribution in [0.1, 0.15) is 33.8 Å². The molecule has 0 spiro atoms. The first kappa shape index (κ1) is 16.2. The molecule has 1 saturated heterocycles. The lowest BCUT2D eigenvalue weighted by atomic mass is 10.0. The Bertz CT molecular complexity index is 887. The SMILES string of the molecule is Cc1ccc(N2C(=S)N[C@H](c3ccccn3)[C@@H]2c2sccc2C)cc1. The molecule has 1 N–H and O–H groups in total. The van der Waals surface area contributed by atoms with Crippen LogP contribution < -0.4 is 10.2 Å². The maximum absolute atomic E-state index is 5.72. The van der Waals surface area contributed by atoms with Crippen LogP contribution in [0.3, 0.4) is 0 Å². The Morgan fingerprint density at radius 1 is 1.08 bits per heavy atom. The molecule has 3 nitrogen and oxygen atoms in total. The third-order valence-corrected chi connectivity index (χ3v) is 5.98. The van der Waals surface area contributed by atoms with Crippen molar-refractivity contribution in [2.75, 3.05) is 4.90 Å². The van der Waals surface area contributed by atoms with Crippen molar-refractivity contribution < 1.29 is 0 Å². The Hall–Kier alpha value is -2.24. The molecule has 2 atom stereocenters. The number of benzene rings is 1. The van der Waals surface area contributed by atoms with Gasteiger partial charge in [0.15, 0.2) is 5.11 Å². The number of pyridine rings is 1. The van der Waals surface area contributed by atoms with Gasteiger partial charge in [-0.05, 0) is 67.3 Å². The first-order valence-corrected chi connectivity index (χ1v) is 9.55. The maximum atomic E-state index is 5.72. The molecular formula is C20H19N3S2. The number of rotatable bonds is 3. The highest BCUT2D eigenvalue weighted by Gasteiger charge is 2.41. The topological polar surface area (TPSA) is 28.2 Å². The summed E-state index contributed by atoms with van der Waals surface area (Å²) in [6.45, 7) is 4.26. The number of hydrogen-bond donors (Lipinski definition) is 1. The van der Waals surface area contributed by atoms with Crippen LogP contribution in [-0.2, 0) is 0 Å². The van der Waals surface area contributed by atoms with Crippen molar-refractivity contribution in [2.45, 2.75) is 25.9 Å². The molecule has 2 aromatic heterocycles. The van der Waals surface area contributed by atoms with E-state index in [0.717, 1.165) is 16.5 Å². The van der Waals surface area contributed by atoms with Crippen LogP contribution in [0, 0.1) is 13.8 Å². The van der Waals surface area contributed by atoms with Gasteiger partial charge in [-0.25, -0.2) is 0 Å². The van der Waals surface area contributed by atoms with E-state index < -0.39 is 0 Å². The zero-order valence-electron chi connectivity index (χ0n) is 14.1. The fourth-order valence-electron chi connectivity index (χ4n) is 3.29. The van der Waals surface area contributed by atoms with Crippen LogP contribution in [0.25, 0.3) is 0 Å². The smallest absolute Gasteiger partial charge is 0.174 e. The summed E-state index contributed by atoms with van der Waals surface area (Å²) in [5.74, 6) is 0. The van der Waals surface area contributed by atoms with E-state index in [9.17, 15) is 0 Å². The highest BCUT2D eigenvalue weighted by atomic mass is 32.1. The van der Waals surface area contributed by atoms with Crippen LogP contribution in [0.5, 0.6) is 0 Å². The third-order valence-electron chi connectivity index (χ3n) is 4.58. The Balaban J connectivity index is 1.83. The molecule has 0 bridgehead atoms. The fourth-order valence-corrected chi connectivity index (χ4v) is 4.69. The summed E-state index contributed by atoms with van der Waals surface area (Å²) < 4.78 is 0. The number of anilines is 1. The van der Waals surface area contributed by atoms with Crippen LogP contribution >= 0.6 is 23.6 Å². The number of aryl methyl sites for hydroxylation is 2. The Morgan fingerprint density at radius 3 is 2.52 bits per heavy atom. The number of aromatic nitrogens is 1. The average Bonchev–Trinajstić information content (AvgIpc) is 3.19. The van der Waals surface area contributed by atoms with Crippen LogP contribution in [0.4, 0.5) is 5.69 Å². The Labute approximate surface area is 157 Å². The number of nitrogens with one attached hydrogen (secondary N) is 1. The molecule has 3 heterocycles. The molecule has 0 unspecified atom stereocenters. The maximum Gasteiger partial charge on any atom is 0.174 e. The van der Waals surface area contributed by atoms with Crippen molar-refractivity contribution in [1.29, 1.82) is 0 Å². The van der Waals surface area contributed by atoms with Gasteiger partial charge in [0.1, 0.15) is 0 Å². The average molecular weight is 366 g/mol. The fraction of sp³-hybridized carbons (Fsp3) is 0.200.